The molecule has 5 heteroatoms. The molecule has 1 rings (SSSR count). The average Bonchev–Trinajstić information content (AvgIpc) is 2.46. The highest BCUT2D eigenvalue weighted by Crippen LogP contribution is 2.21. The van der Waals surface area contributed by atoms with Gasteiger partial charge in [-0.15, -0.1) is 0 Å². The number of carbonyl (C=O) groups is 1. The maximum Gasteiger partial charge on any atom is 0.303 e. The van der Waals surface area contributed by atoms with E-state index >= 15 is 0 Å². The molecule has 0 aliphatic carbocycles. The van der Waals surface area contributed by atoms with E-state index in [-0.39, 0.29) is 12.5 Å². The number of methoxy groups -OCH3 is 1. The van der Waals surface area contributed by atoms with Gasteiger partial charge < -0.3 is 20.3 Å². The van der Waals surface area contributed by atoms with Crippen molar-refractivity contribution in [2.45, 2.75) is 38.3 Å². The number of nitrogens with one attached hydrogen (secondary N) is 1. The fourth-order valence-corrected chi connectivity index (χ4v) is 2.04. The molecule has 3 N–H and O–H groups in total. The van der Waals surface area contributed by atoms with Crippen LogP contribution in [0.3, 0.4) is 0 Å². The van der Waals surface area contributed by atoms with Crippen molar-refractivity contribution in [1.82, 2.24) is 5.32 Å². The van der Waals surface area contributed by atoms with Crippen LogP contribution in [0, 0.1) is 0 Å². The molecule has 112 valence electrons. The summed E-state index contributed by atoms with van der Waals surface area (Å²) in [5.74, 6) is -0.0426. The summed E-state index contributed by atoms with van der Waals surface area (Å²) in [6, 6.07) is 7.22. The van der Waals surface area contributed by atoms with Gasteiger partial charge in [-0.3, -0.25) is 4.79 Å². The number of aliphatic hydroxyl groups excluding tert-OH is 1. The molecular formula is C15H23NO4. The third kappa shape index (κ3) is 5.19. The normalized spacial score (nSPS) is 13.8. The standard InChI is InChI=1S/C15H23NO4/c1-3-13(16-10-4-5-14(17)18)15(19)11-6-8-12(20-2)9-7-11/h6-9,13,15-16,19H,3-5,10H2,1-2H3,(H,17,18). The van der Waals surface area contributed by atoms with Crippen molar-refractivity contribution in [3.05, 3.63) is 29.8 Å². The zero-order valence-electron chi connectivity index (χ0n) is 12.0. The third-order valence-corrected chi connectivity index (χ3v) is 3.25. The highest BCUT2D eigenvalue weighted by molar-refractivity contribution is 5.66. The van der Waals surface area contributed by atoms with E-state index in [4.69, 9.17) is 9.84 Å². The Morgan fingerprint density at radius 1 is 1.35 bits per heavy atom. The van der Waals surface area contributed by atoms with Crippen LogP contribution >= 0.6 is 0 Å². The van der Waals surface area contributed by atoms with Crippen LogP contribution in [-0.4, -0.2) is 35.9 Å². The van der Waals surface area contributed by atoms with Gasteiger partial charge in [0.25, 0.3) is 0 Å². The molecule has 0 amide bonds. The first-order valence-corrected chi connectivity index (χ1v) is 6.85. The molecule has 2 atom stereocenters. The van der Waals surface area contributed by atoms with Gasteiger partial charge in [-0.25, -0.2) is 0 Å². The molecule has 20 heavy (non-hydrogen) atoms. The summed E-state index contributed by atoms with van der Waals surface area (Å²) in [7, 11) is 1.60. The van der Waals surface area contributed by atoms with Gasteiger partial charge in [0.1, 0.15) is 5.75 Å². The first-order valence-electron chi connectivity index (χ1n) is 6.85. The summed E-state index contributed by atoms with van der Waals surface area (Å²) in [4.78, 5) is 10.4. The lowest BCUT2D eigenvalue weighted by molar-refractivity contribution is -0.137. The molecule has 0 fully saturated rings. The molecule has 0 aliphatic rings. The number of rotatable bonds is 9. The topological polar surface area (TPSA) is 78.8 Å². The minimum Gasteiger partial charge on any atom is -0.497 e. The van der Waals surface area contributed by atoms with E-state index in [0.29, 0.717) is 13.0 Å². The molecule has 0 heterocycles. The van der Waals surface area contributed by atoms with Crippen molar-refractivity contribution in [1.29, 1.82) is 0 Å². The lowest BCUT2D eigenvalue weighted by Crippen LogP contribution is -2.35. The summed E-state index contributed by atoms with van der Waals surface area (Å²) >= 11 is 0. The Bertz CT molecular complexity index is 405. The van der Waals surface area contributed by atoms with Crippen LogP contribution < -0.4 is 10.1 Å². The molecule has 5 nitrogen and oxygen atoms in total. The molecule has 0 bridgehead atoms. The van der Waals surface area contributed by atoms with Crippen LogP contribution in [0.15, 0.2) is 24.3 Å². The van der Waals surface area contributed by atoms with E-state index in [1.165, 1.54) is 0 Å². The van der Waals surface area contributed by atoms with Crippen molar-refractivity contribution in [3.8, 4) is 5.75 Å². The molecule has 0 spiro atoms. The van der Waals surface area contributed by atoms with E-state index in [1.807, 2.05) is 31.2 Å². The molecule has 0 aliphatic heterocycles. The van der Waals surface area contributed by atoms with Crippen molar-refractivity contribution < 1.29 is 19.7 Å². The number of aliphatic carboxylic acids is 1. The van der Waals surface area contributed by atoms with Gasteiger partial charge in [-0.05, 0) is 37.1 Å². The van der Waals surface area contributed by atoms with Crippen LogP contribution in [0.25, 0.3) is 0 Å². The van der Waals surface area contributed by atoms with Crippen LogP contribution in [0.5, 0.6) is 5.75 Å². The third-order valence-electron chi connectivity index (χ3n) is 3.25. The monoisotopic (exact) mass is 281 g/mol. The maximum atomic E-state index is 10.4. The fourth-order valence-electron chi connectivity index (χ4n) is 2.04. The zero-order valence-corrected chi connectivity index (χ0v) is 12.0. The number of carboxylic acids is 1. The van der Waals surface area contributed by atoms with Gasteiger partial charge in [0, 0.05) is 12.5 Å². The molecular weight excluding hydrogens is 258 g/mol. The highest BCUT2D eigenvalue weighted by Gasteiger charge is 2.18. The summed E-state index contributed by atoms with van der Waals surface area (Å²) in [6.45, 7) is 2.57. The SMILES string of the molecule is CCC(NCCCC(=O)O)C(O)c1ccc(OC)cc1. The van der Waals surface area contributed by atoms with Crippen molar-refractivity contribution in [2.75, 3.05) is 13.7 Å². The Hall–Kier alpha value is -1.59. The minimum atomic E-state index is -0.796. The molecule has 1 aromatic carbocycles. The number of ether oxygens (including phenoxy) is 1. The summed E-state index contributed by atoms with van der Waals surface area (Å²) in [6.07, 6.45) is 0.847. The molecule has 0 saturated heterocycles. The average molecular weight is 281 g/mol. The second-order valence-electron chi connectivity index (χ2n) is 4.68. The quantitative estimate of drug-likeness (QED) is 0.603. The second-order valence-corrected chi connectivity index (χ2v) is 4.68. The molecule has 0 saturated carbocycles. The van der Waals surface area contributed by atoms with E-state index in [9.17, 15) is 9.90 Å². The maximum absolute atomic E-state index is 10.4. The highest BCUT2D eigenvalue weighted by atomic mass is 16.5. The van der Waals surface area contributed by atoms with Crippen molar-refractivity contribution in [2.24, 2.45) is 0 Å². The number of aliphatic hydroxyl groups is 1. The molecule has 0 radical (unpaired) electrons. The fraction of sp³-hybridized carbons (Fsp3) is 0.533. The summed E-state index contributed by atoms with van der Waals surface area (Å²) in [5, 5.41) is 22.1. The van der Waals surface area contributed by atoms with Gasteiger partial charge in [0.05, 0.1) is 13.2 Å². The zero-order chi connectivity index (χ0) is 15.0. The van der Waals surface area contributed by atoms with Crippen molar-refractivity contribution in [3.63, 3.8) is 0 Å². The number of benzene rings is 1. The Morgan fingerprint density at radius 2 is 2.00 bits per heavy atom. The Kier molecular flexibility index (Phi) is 7.04. The Balaban J connectivity index is 2.52. The smallest absolute Gasteiger partial charge is 0.303 e. The van der Waals surface area contributed by atoms with E-state index in [1.54, 1.807) is 7.11 Å². The molecule has 1 aromatic rings. The predicted octanol–water partition coefficient (Wildman–Crippen LogP) is 1.96. The van der Waals surface area contributed by atoms with Crippen LogP contribution in [0.1, 0.15) is 37.9 Å². The van der Waals surface area contributed by atoms with E-state index in [0.717, 1.165) is 17.7 Å². The van der Waals surface area contributed by atoms with Gasteiger partial charge in [0.2, 0.25) is 0 Å². The number of hydrogen-bond acceptors (Lipinski definition) is 4. The first kappa shape index (κ1) is 16.5. The minimum absolute atomic E-state index is 0.0859. The Labute approximate surface area is 119 Å². The van der Waals surface area contributed by atoms with Gasteiger partial charge in [-0.1, -0.05) is 19.1 Å². The van der Waals surface area contributed by atoms with E-state index < -0.39 is 12.1 Å². The first-order chi connectivity index (χ1) is 9.58. The number of hydrogen-bond donors (Lipinski definition) is 3. The molecule has 0 aromatic heterocycles. The van der Waals surface area contributed by atoms with Crippen LogP contribution in [0.2, 0.25) is 0 Å². The van der Waals surface area contributed by atoms with Gasteiger partial charge in [0.15, 0.2) is 0 Å². The Morgan fingerprint density at radius 3 is 2.50 bits per heavy atom. The number of carboxylic acid groups (broad SMARTS) is 1. The summed E-state index contributed by atoms with van der Waals surface area (Å²) in [5.41, 5.74) is 0.823. The summed E-state index contributed by atoms with van der Waals surface area (Å²) < 4.78 is 5.08. The largest absolute Gasteiger partial charge is 0.497 e. The predicted molar refractivity (Wildman–Crippen MR) is 76.9 cm³/mol. The van der Waals surface area contributed by atoms with Gasteiger partial charge in [-0.2, -0.15) is 0 Å². The van der Waals surface area contributed by atoms with Crippen molar-refractivity contribution >= 4 is 5.97 Å². The lowest BCUT2D eigenvalue weighted by Gasteiger charge is -2.23. The lowest BCUT2D eigenvalue weighted by atomic mass is 10.00. The van der Waals surface area contributed by atoms with E-state index in [2.05, 4.69) is 5.32 Å². The molecule has 2 unspecified atom stereocenters. The second kappa shape index (κ2) is 8.55. The van der Waals surface area contributed by atoms with Crippen LogP contribution in [-0.2, 0) is 4.79 Å². The van der Waals surface area contributed by atoms with Crippen LogP contribution in [0.4, 0.5) is 0 Å². The van der Waals surface area contributed by atoms with Gasteiger partial charge >= 0.3 is 5.97 Å².